The van der Waals surface area contributed by atoms with E-state index < -0.39 is 12.0 Å². The number of aliphatic carboxylic acids is 1. The van der Waals surface area contributed by atoms with Gasteiger partial charge in [0.2, 0.25) is 5.91 Å². The lowest BCUT2D eigenvalue weighted by atomic mass is 10.0. The van der Waals surface area contributed by atoms with Crippen LogP contribution in [0.3, 0.4) is 0 Å². The molecule has 0 spiro atoms. The number of fused-ring (bicyclic) bond motifs is 2. The smallest absolute Gasteiger partial charge is 0.326 e. The van der Waals surface area contributed by atoms with Gasteiger partial charge in [-0.1, -0.05) is 17.3 Å². The number of H-pyrrole nitrogens is 1. The Morgan fingerprint density at radius 2 is 2.21 bits per heavy atom. The minimum atomic E-state index is -1.04. The summed E-state index contributed by atoms with van der Waals surface area (Å²) < 4.78 is 5.20. The Labute approximate surface area is 136 Å². The summed E-state index contributed by atoms with van der Waals surface area (Å²) in [5.41, 5.74) is 2.57. The maximum Gasteiger partial charge on any atom is 0.326 e. The number of rotatable bonds is 3. The third kappa shape index (κ3) is 2.32. The molecule has 1 amide bonds. The van der Waals surface area contributed by atoms with Crippen molar-refractivity contribution in [2.24, 2.45) is 0 Å². The number of nitrogens with zero attached hydrogens (tertiary/aromatic N) is 3. The number of nitrogens with one attached hydrogen (secondary N) is 1. The molecule has 4 rings (SSSR count). The van der Waals surface area contributed by atoms with Crippen LogP contribution in [-0.2, 0) is 29.0 Å². The van der Waals surface area contributed by atoms with E-state index in [1.807, 2.05) is 18.2 Å². The first-order valence-electron chi connectivity index (χ1n) is 7.50. The van der Waals surface area contributed by atoms with Crippen molar-refractivity contribution in [1.29, 1.82) is 0 Å². The zero-order chi connectivity index (χ0) is 16.7. The van der Waals surface area contributed by atoms with Crippen LogP contribution in [0.1, 0.15) is 17.1 Å². The maximum absolute atomic E-state index is 12.7. The Hall–Kier alpha value is -3.16. The van der Waals surface area contributed by atoms with Crippen LogP contribution in [0, 0.1) is 0 Å². The predicted octanol–water partition coefficient (Wildman–Crippen LogP) is 1.13. The highest BCUT2D eigenvalue weighted by molar-refractivity contribution is 5.89. The topological polar surface area (TPSA) is 112 Å². The van der Waals surface area contributed by atoms with Crippen molar-refractivity contribution < 1.29 is 19.2 Å². The number of para-hydroxylation sites is 1. The number of carboxylic acids is 1. The molecule has 8 heteroatoms. The Kier molecular flexibility index (Phi) is 3.30. The molecule has 0 aliphatic carbocycles. The predicted molar refractivity (Wildman–Crippen MR) is 82.0 cm³/mol. The van der Waals surface area contributed by atoms with Gasteiger partial charge in [-0.2, -0.15) is 0 Å². The van der Waals surface area contributed by atoms with Gasteiger partial charge in [-0.3, -0.25) is 4.79 Å². The number of carbonyl (C=O) groups is 2. The van der Waals surface area contributed by atoms with Crippen molar-refractivity contribution in [1.82, 2.24) is 20.0 Å². The van der Waals surface area contributed by atoms with E-state index in [-0.39, 0.29) is 25.3 Å². The average Bonchev–Trinajstić information content (AvgIpc) is 3.20. The Balaban J connectivity index is 1.62. The van der Waals surface area contributed by atoms with E-state index in [9.17, 15) is 14.7 Å². The van der Waals surface area contributed by atoms with Crippen molar-refractivity contribution in [2.75, 3.05) is 0 Å². The number of aromatic amines is 1. The number of carboxylic acid groups (broad SMARTS) is 1. The lowest BCUT2D eigenvalue weighted by Gasteiger charge is -2.32. The molecule has 3 aromatic rings. The summed E-state index contributed by atoms with van der Waals surface area (Å²) in [7, 11) is 0. The minimum Gasteiger partial charge on any atom is -0.480 e. The molecule has 0 saturated carbocycles. The number of hydrogen-bond acceptors (Lipinski definition) is 5. The highest BCUT2D eigenvalue weighted by Gasteiger charge is 2.36. The average molecular weight is 326 g/mol. The SMILES string of the molecule is O=C(O)C1Cc2nc[nH]c2CN1C(=O)Cc1noc2ccccc12. The van der Waals surface area contributed by atoms with Crippen molar-refractivity contribution >= 4 is 22.8 Å². The quantitative estimate of drug-likeness (QED) is 0.746. The molecule has 0 bridgehead atoms. The van der Waals surface area contributed by atoms with E-state index in [2.05, 4.69) is 15.1 Å². The number of aromatic nitrogens is 3. The molecular formula is C16H14N4O4. The number of imidazole rings is 1. The summed E-state index contributed by atoms with van der Waals surface area (Å²) in [6, 6.07) is 6.34. The largest absolute Gasteiger partial charge is 0.480 e. The Morgan fingerprint density at radius 1 is 1.38 bits per heavy atom. The second kappa shape index (κ2) is 5.48. The molecule has 0 radical (unpaired) electrons. The minimum absolute atomic E-state index is 0.00966. The van der Waals surface area contributed by atoms with Crippen LogP contribution < -0.4 is 0 Å². The molecule has 24 heavy (non-hydrogen) atoms. The van der Waals surface area contributed by atoms with Crippen LogP contribution in [-0.4, -0.2) is 43.0 Å². The van der Waals surface area contributed by atoms with Crippen LogP contribution >= 0.6 is 0 Å². The highest BCUT2D eigenvalue weighted by atomic mass is 16.5. The molecule has 0 saturated heterocycles. The van der Waals surface area contributed by atoms with Gasteiger partial charge >= 0.3 is 5.97 Å². The van der Waals surface area contributed by atoms with E-state index in [4.69, 9.17) is 4.52 Å². The van der Waals surface area contributed by atoms with E-state index in [1.165, 1.54) is 11.2 Å². The van der Waals surface area contributed by atoms with E-state index in [0.717, 1.165) is 11.1 Å². The summed E-state index contributed by atoms with van der Waals surface area (Å²) in [6.07, 6.45) is 1.70. The summed E-state index contributed by atoms with van der Waals surface area (Å²) >= 11 is 0. The molecule has 8 nitrogen and oxygen atoms in total. The van der Waals surface area contributed by atoms with Gasteiger partial charge in [0.15, 0.2) is 5.58 Å². The first kappa shape index (κ1) is 14.4. The Bertz CT molecular complexity index is 929. The van der Waals surface area contributed by atoms with E-state index >= 15 is 0 Å². The summed E-state index contributed by atoms with van der Waals surface area (Å²) in [6.45, 7) is 0.195. The van der Waals surface area contributed by atoms with Crippen LogP contribution in [0.5, 0.6) is 0 Å². The molecule has 0 fully saturated rings. The Morgan fingerprint density at radius 3 is 3.04 bits per heavy atom. The second-order valence-electron chi connectivity index (χ2n) is 5.71. The lowest BCUT2D eigenvalue weighted by molar-refractivity contribution is -0.151. The zero-order valence-corrected chi connectivity index (χ0v) is 12.6. The summed E-state index contributed by atoms with van der Waals surface area (Å²) in [5, 5.41) is 14.2. The maximum atomic E-state index is 12.7. The lowest BCUT2D eigenvalue weighted by Crippen LogP contribution is -2.49. The van der Waals surface area contributed by atoms with Gasteiger partial charge in [0.25, 0.3) is 0 Å². The standard InChI is InChI=1S/C16H14N4O4/c21-15(6-10-9-3-1-2-4-14(9)24-19-10)20-7-12-11(17-8-18-12)5-13(20)16(22)23/h1-4,8,13H,5-7H2,(H,17,18)(H,22,23). The fourth-order valence-corrected chi connectivity index (χ4v) is 3.03. The molecule has 122 valence electrons. The molecule has 1 aliphatic heterocycles. The van der Waals surface area contributed by atoms with Crippen molar-refractivity contribution in [2.45, 2.75) is 25.4 Å². The van der Waals surface area contributed by atoms with Crippen molar-refractivity contribution in [3.05, 3.63) is 47.7 Å². The van der Waals surface area contributed by atoms with Crippen LogP contribution in [0.15, 0.2) is 35.1 Å². The molecular weight excluding hydrogens is 312 g/mol. The third-order valence-electron chi connectivity index (χ3n) is 4.28. The van der Waals surface area contributed by atoms with Gasteiger partial charge in [-0.15, -0.1) is 0 Å². The van der Waals surface area contributed by atoms with Crippen molar-refractivity contribution in [3.8, 4) is 0 Å². The van der Waals surface area contributed by atoms with Gasteiger partial charge in [0, 0.05) is 11.8 Å². The monoisotopic (exact) mass is 326 g/mol. The number of hydrogen-bond donors (Lipinski definition) is 2. The summed E-state index contributed by atoms with van der Waals surface area (Å²) in [4.78, 5) is 32.7. The normalized spacial score (nSPS) is 17.0. The molecule has 1 unspecified atom stereocenters. The molecule has 1 atom stereocenters. The zero-order valence-electron chi connectivity index (χ0n) is 12.6. The van der Waals surface area contributed by atoms with E-state index in [1.54, 1.807) is 6.07 Å². The molecule has 2 aromatic heterocycles. The molecule has 1 aromatic carbocycles. The molecule has 2 N–H and O–H groups in total. The molecule has 1 aliphatic rings. The fraction of sp³-hybridized carbons (Fsp3) is 0.250. The number of amides is 1. The first-order chi connectivity index (χ1) is 11.6. The summed E-state index contributed by atoms with van der Waals surface area (Å²) in [5.74, 6) is -1.34. The van der Waals surface area contributed by atoms with Crippen LogP contribution in [0.2, 0.25) is 0 Å². The van der Waals surface area contributed by atoms with Crippen LogP contribution in [0.4, 0.5) is 0 Å². The highest BCUT2D eigenvalue weighted by Crippen LogP contribution is 2.23. The van der Waals surface area contributed by atoms with Gasteiger partial charge in [-0.05, 0) is 12.1 Å². The number of carbonyl (C=O) groups excluding carboxylic acids is 1. The number of benzene rings is 1. The van der Waals surface area contributed by atoms with Crippen LogP contribution in [0.25, 0.3) is 11.0 Å². The van der Waals surface area contributed by atoms with Gasteiger partial charge in [0.05, 0.1) is 30.7 Å². The van der Waals surface area contributed by atoms with Gasteiger partial charge in [-0.25, -0.2) is 9.78 Å². The first-order valence-corrected chi connectivity index (χ1v) is 7.50. The molecule has 3 heterocycles. The van der Waals surface area contributed by atoms with Gasteiger partial charge < -0.3 is 19.5 Å². The third-order valence-corrected chi connectivity index (χ3v) is 4.28. The van der Waals surface area contributed by atoms with E-state index in [0.29, 0.717) is 17.0 Å². The van der Waals surface area contributed by atoms with Gasteiger partial charge in [0.1, 0.15) is 11.7 Å². The second-order valence-corrected chi connectivity index (χ2v) is 5.71. The van der Waals surface area contributed by atoms with Crippen molar-refractivity contribution in [3.63, 3.8) is 0 Å². The fourth-order valence-electron chi connectivity index (χ4n) is 3.03.